The van der Waals surface area contributed by atoms with Gasteiger partial charge in [-0.25, -0.2) is 0 Å². The number of hydrogen-bond acceptors (Lipinski definition) is 3. The molecule has 2 fully saturated rings. The molecule has 1 N–H and O–H groups in total. The second kappa shape index (κ2) is 7.32. The maximum Gasteiger partial charge on any atom is 0.227 e. The van der Waals surface area contributed by atoms with Crippen LogP contribution in [0, 0.1) is 5.92 Å². The van der Waals surface area contributed by atoms with Crippen molar-refractivity contribution in [3.8, 4) is 0 Å². The average molecular weight is 305 g/mol. The van der Waals surface area contributed by atoms with Crippen LogP contribution in [0.25, 0.3) is 0 Å². The number of para-hydroxylation sites is 1. The zero-order valence-electron chi connectivity index (χ0n) is 12.3. The molecule has 0 aromatic heterocycles. The Morgan fingerprint density at radius 2 is 1.81 bits per heavy atom. The van der Waals surface area contributed by atoms with E-state index in [0.29, 0.717) is 18.5 Å². The Kier molecular flexibility index (Phi) is 5.20. The monoisotopic (exact) mass is 305 g/mol. The highest BCUT2D eigenvalue weighted by Gasteiger charge is 2.23. The van der Waals surface area contributed by atoms with Crippen LogP contribution in [0.1, 0.15) is 38.5 Å². The summed E-state index contributed by atoms with van der Waals surface area (Å²) in [5.41, 5.74) is 0.978. The molecular weight excluding hydrogens is 282 g/mol. The highest BCUT2D eigenvalue weighted by Crippen LogP contribution is 2.38. The number of benzene rings is 1. The molecule has 1 saturated heterocycles. The normalized spacial score (nSPS) is 20.6. The first-order valence-corrected chi connectivity index (χ1v) is 8.85. The van der Waals surface area contributed by atoms with Gasteiger partial charge in [-0.3, -0.25) is 4.79 Å². The molecule has 3 rings (SSSR count). The highest BCUT2D eigenvalue weighted by molar-refractivity contribution is 8.00. The number of rotatable bonds is 4. The van der Waals surface area contributed by atoms with E-state index in [1.165, 1.54) is 30.6 Å². The van der Waals surface area contributed by atoms with Crippen LogP contribution in [0.2, 0.25) is 0 Å². The van der Waals surface area contributed by atoms with Crippen molar-refractivity contribution in [3.05, 3.63) is 24.3 Å². The van der Waals surface area contributed by atoms with Gasteiger partial charge >= 0.3 is 0 Å². The van der Waals surface area contributed by atoms with Crippen LogP contribution in [0.3, 0.4) is 0 Å². The molecule has 1 aliphatic heterocycles. The third-order valence-corrected chi connectivity index (χ3v) is 5.75. The topological polar surface area (TPSA) is 38.3 Å². The number of thioether (sulfide) groups is 1. The van der Waals surface area contributed by atoms with E-state index in [9.17, 15) is 4.79 Å². The van der Waals surface area contributed by atoms with Crippen molar-refractivity contribution in [2.45, 2.75) is 48.7 Å². The fourth-order valence-electron chi connectivity index (χ4n) is 3.05. The SMILES string of the molecule is O=C(Nc1ccccc1SC1CCCC1)C1CCOCC1. The Hall–Kier alpha value is -1.00. The van der Waals surface area contributed by atoms with Crippen molar-refractivity contribution in [2.75, 3.05) is 18.5 Å². The predicted molar refractivity (Wildman–Crippen MR) is 86.7 cm³/mol. The molecule has 4 heteroatoms. The fourth-order valence-corrected chi connectivity index (χ4v) is 4.38. The van der Waals surface area contributed by atoms with Gasteiger partial charge in [-0.05, 0) is 37.8 Å². The quantitative estimate of drug-likeness (QED) is 0.910. The van der Waals surface area contributed by atoms with Crippen molar-refractivity contribution >= 4 is 23.4 Å². The van der Waals surface area contributed by atoms with E-state index in [1.807, 2.05) is 23.9 Å². The van der Waals surface area contributed by atoms with Gasteiger partial charge in [0.2, 0.25) is 5.91 Å². The predicted octanol–water partition coefficient (Wildman–Crippen LogP) is 4.09. The summed E-state index contributed by atoms with van der Waals surface area (Å²) in [5, 5.41) is 3.85. The van der Waals surface area contributed by atoms with Gasteiger partial charge in [-0.2, -0.15) is 0 Å². The lowest BCUT2D eigenvalue weighted by molar-refractivity contribution is -0.122. The molecule has 0 bridgehead atoms. The second-order valence-electron chi connectivity index (χ2n) is 5.90. The van der Waals surface area contributed by atoms with Gasteiger partial charge in [0.25, 0.3) is 0 Å². The van der Waals surface area contributed by atoms with Crippen molar-refractivity contribution in [2.24, 2.45) is 5.92 Å². The maximum absolute atomic E-state index is 12.4. The van der Waals surface area contributed by atoms with Gasteiger partial charge in [0.1, 0.15) is 0 Å². The van der Waals surface area contributed by atoms with Crippen LogP contribution >= 0.6 is 11.8 Å². The molecule has 1 aromatic rings. The number of anilines is 1. The summed E-state index contributed by atoms with van der Waals surface area (Å²) in [6.45, 7) is 1.41. The van der Waals surface area contributed by atoms with Gasteiger partial charge in [0.05, 0.1) is 5.69 Å². The minimum atomic E-state index is 0.100. The number of nitrogens with one attached hydrogen (secondary N) is 1. The summed E-state index contributed by atoms with van der Waals surface area (Å²) in [6.07, 6.45) is 6.95. The summed E-state index contributed by atoms with van der Waals surface area (Å²) in [6, 6.07) is 8.21. The summed E-state index contributed by atoms with van der Waals surface area (Å²) in [5.74, 6) is 0.251. The largest absolute Gasteiger partial charge is 0.381 e. The standard InChI is InChI=1S/C17H23NO2S/c19-17(13-9-11-20-12-10-13)18-15-7-3-4-8-16(15)21-14-5-1-2-6-14/h3-4,7-8,13-14H,1-2,5-6,9-12H2,(H,18,19). The third kappa shape index (κ3) is 4.01. The molecule has 3 nitrogen and oxygen atoms in total. The van der Waals surface area contributed by atoms with Crippen LogP contribution in [0.15, 0.2) is 29.2 Å². The Labute approximate surface area is 130 Å². The molecule has 2 aliphatic rings. The Bertz CT molecular complexity index is 479. The first-order valence-electron chi connectivity index (χ1n) is 7.97. The molecule has 1 heterocycles. The summed E-state index contributed by atoms with van der Waals surface area (Å²) in [7, 11) is 0. The summed E-state index contributed by atoms with van der Waals surface area (Å²) >= 11 is 1.93. The summed E-state index contributed by atoms with van der Waals surface area (Å²) in [4.78, 5) is 13.6. The first kappa shape index (κ1) is 14.9. The zero-order valence-corrected chi connectivity index (χ0v) is 13.2. The molecule has 1 amide bonds. The molecule has 1 aliphatic carbocycles. The van der Waals surface area contributed by atoms with Gasteiger partial charge in [-0.1, -0.05) is 25.0 Å². The van der Waals surface area contributed by atoms with Crippen molar-refractivity contribution < 1.29 is 9.53 Å². The molecule has 1 saturated carbocycles. The molecular formula is C17H23NO2S. The van der Waals surface area contributed by atoms with Crippen LogP contribution in [0.4, 0.5) is 5.69 Å². The molecule has 0 radical (unpaired) electrons. The van der Waals surface area contributed by atoms with Crippen molar-refractivity contribution in [1.29, 1.82) is 0 Å². The molecule has 114 valence electrons. The lowest BCUT2D eigenvalue weighted by Gasteiger charge is -2.22. The second-order valence-corrected chi connectivity index (χ2v) is 7.24. The molecule has 1 aromatic carbocycles. The van der Waals surface area contributed by atoms with Crippen LogP contribution < -0.4 is 5.32 Å². The lowest BCUT2D eigenvalue weighted by atomic mass is 9.99. The van der Waals surface area contributed by atoms with Gasteiger partial charge in [0, 0.05) is 29.3 Å². The van der Waals surface area contributed by atoms with Crippen molar-refractivity contribution in [3.63, 3.8) is 0 Å². The number of ether oxygens (including phenoxy) is 1. The molecule has 0 atom stereocenters. The highest BCUT2D eigenvalue weighted by atomic mass is 32.2. The van der Waals surface area contributed by atoms with E-state index in [0.717, 1.165) is 18.5 Å². The number of carbonyl (C=O) groups is 1. The molecule has 0 spiro atoms. The Balaban J connectivity index is 1.65. The minimum absolute atomic E-state index is 0.100. The lowest BCUT2D eigenvalue weighted by Crippen LogP contribution is -2.28. The van der Waals surface area contributed by atoms with E-state index in [-0.39, 0.29) is 11.8 Å². The Morgan fingerprint density at radius 3 is 2.57 bits per heavy atom. The number of amides is 1. The average Bonchev–Trinajstić information content (AvgIpc) is 3.03. The van der Waals surface area contributed by atoms with E-state index in [4.69, 9.17) is 4.74 Å². The molecule has 0 unspecified atom stereocenters. The van der Waals surface area contributed by atoms with Crippen LogP contribution in [-0.2, 0) is 9.53 Å². The van der Waals surface area contributed by atoms with Crippen LogP contribution in [0.5, 0.6) is 0 Å². The Morgan fingerprint density at radius 1 is 1.10 bits per heavy atom. The van der Waals surface area contributed by atoms with E-state index >= 15 is 0 Å². The van der Waals surface area contributed by atoms with Gasteiger partial charge in [0.15, 0.2) is 0 Å². The molecule has 21 heavy (non-hydrogen) atoms. The van der Waals surface area contributed by atoms with Crippen molar-refractivity contribution in [1.82, 2.24) is 0 Å². The van der Waals surface area contributed by atoms with E-state index in [2.05, 4.69) is 17.4 Å². The van der Waals surface area contributed by atoms with E-state index < -0.39 is 0 Å². The zero-order chi connectivity index (χ0) is 14.5. The van der Waals surface area contributed by atoms with E-state index in [1.54, 1.807) is 0 Å². The fraction of sp³-hybridized carbons (Fsp3) is 0.588. The minimum Gasteiger partial charge on any atom is -0.381 e. The van der Waals surface area contributed by atoms with Gasteiger partial charge < -0.3 is 10.1 Å². The number of carbonyl (C=O) groups excluding carboxylic acids is 1. The van der Waals surface area contributed by atoms with Gasteiger partial charge in [-0.15, -0.1) is 11.8 Å². The smallest absolute Gasteiger partial charge is 0.227 e. The maximum atomic E-state index is 12.4. The first-order chi connectivity index (χ1) is 10.3. The number of hydrogen-bond donors (Lipinski definition) is 1. The summed E-state index contributed by atoms with van der Waals surface area (Å²) < 4.78 is 5.33. The van der Waals surface area contributed by atoms with Crippen LogP contribution in [-0.4, -0.2) is 24.4 Å². The third-order valence-electron chi connectivity index (χ3n) is 4.33.